The van der Waals surface area contributed by atoms with E-state index in [1.165, 1.54) is 13.2 Å². The summed E-state index contributed by atoms with van der Waals surface area (Å²) in [5, 5.41) is 0. The zero-order valence-electron chi connectivity index (χ0n) is 8.47. The second-order valence-electron chi connectivity index (χ2n) is 3.03. The number of ether oxygens (including phenoxy) is 2. The zero-order chi connectivity index (χ0) is 12.2. The molecule has 0 saturated carbocycles. The van der Waals surface area contributed by atoms with E-state index >= 15 is 0 Å². The molecule has 0 aliphatic rings. The van der Waals surface area contributed by atoms with Crippen LogP contribution >= 0.6 is 0 Å². The van der Waals surface area contributed by atoms with Crippen molar-refractivity contribution in [3.8, 4) is 0 Å². The SMILES string of the molecule is COCOCc1cccc(C(F)(F)F)c1F. The molecule has 0 N–H and O–H groups in total. The normalized spacial score (nSPS) is 11.8. The van der Waals surface area contributed by atoms with Gasteiger partial charge < -0.3 is 9.47 Å². The summed E-state index contributed by atoms with van der Waals surface area (Å²) in [4.78, 5) is 0. The van der Waals surface area contributed by atoms with Crippen LogP contribution in [0.1, 0.15) is 11.1 Å². The molecule has 0 saturated heterocycles. The molecule has 1 rings (SSSR count). The molecule has 0 amide bonds. The van der Waals surface area contributed by atoms with E-state index in [1.807, 2.05) is 0 Å². The van der Waals surface area contributed by atoms with Gasteiger partial charge in [-0.05, 0) is 6.07 Å². The Morgan fingerprint density at radius 2 is 1.94 bits per heavy atom. The summed E-state index contributed by atoms with van der Waals surface area (Å²) in [5.41, 5.74) is -1.43. The van der Waals surface area contributed by atoms with Crippen LogP contribution in [0.15, 0.2) is 18.2 Å². The Morgan fingerprint density at radius 1 is 1.25 bits per heavy atom. The van der Waals surface area contributed by atoms with Gasteiger partial charge in [-0.1, -0.05) is 12.1 Å². The summed E-state index contributed by atoms with van der Waals surface area (Å²) in [5.74, 6) is -1.30. The highest BCUT2D eigenvalue weighted by Crippen LogP contribution is 2.32. The Hall–Kier alpha value is -1.14. The lowest BCUT2D eigenvalue weighted by Gasteiger charge is -2.11. The molecule has 0 bridgehead atoms. The highest BCUT2D eigenvalue weighted by Gasteiger charge is 2.34. The molecule has 0 fully saturated rings. The lowest BCUT2D eigenvalue weighted by atomic mass is 10.1. The molecule has 0 atom stereocenters. The maximum atomic E-state index is 13.4. The lowest BCUT2D eigenvalue weighted by molar-refractivity contribution is -0.140. The third kappa shape index (κ3) is 3.18. The van der Waals surface area contributed by atoms with Crippen LogP contribution in [0.2, 0.25) is 0 Å². The molecule has 0 radical (unpaired) electrons. The molecule has 0 heterocycles. The summed E-state index contributed by atoms with van der Waals surface area (Å²) in [6.45, 7) is -0.362. The molecule has 0 spiro atoms. The number of halogens is 4. The van der Waals surface area contributed by atoms with Crippen LogP contribution in [-0.4, -0.2) is 13.9 Å². The van der Waals surface area contributed by atoms with Gasteiger partial charge in [-0.3, -0.25) is 0 Å². The van der Waals surface area contributed by atoms with Gasteiger partial charge in [0.25, 0.3) is 0 Å². The highest BCUT2D eigenvalue weighted by atomic mass is 19.4. The van der Waals surface area contributed by atoms with E-state index in [0.29, 0.717) is 6.07 Å². The molecular weight excluding hydrogens is 228 g/mol. The van der Waals surface area contributed by atoms with Crippen LogP contribution in [0, 0.1) is 5.82 Å². The molecule has 16 heavy (non-hydrogen) atoms. The van der Waals surface area contributed by atoms with Crippen LogP contribution in [0.3, 0.4) is 0 Å². The van der Waals surface area contributed by atoms with E-state index in [0.717, 1.165) is 6.07 Å². The third-order valence-electron chi connectivity index (χ3n) is 1.84. The summed E-state index contributed by atoms with van der Waals surface area (Å²) in [6, 6.07) is 3.06. The van der Waals surface area contributed by atoms with E-state index in [-0.39, 0.29) is 19.0 Å². The fourth-order valence-corrected chi connectivity index (χ4v) is 1.15. The van der Waals surface area contributed by atoms with Gasteiger partial charge in [0.1, 0.15) is 12.6 Å². The quantitative estimate of drug-likeness (QED) is 0.456. The number of alkyl halides is 3. The second kappa shape index (κ2) is 5.27. The Kier molecular flexibility index (Phi) is 4.26. The number of benzene rings is 1. The zero-order valence-corrected chi connectivity index (χ0v) is 8.47. The molecule has 2 nitrogen and oxygen atoms in total. The van der Waals surface area contributed by atoms with Gasteiger partial charge in [-0.2, -0.15) is 13.2 Å². The molecule has 1 aromatic carbocycles. The van der Waals surface area contributed by atoms with Crippen LogP contribution in [-0.2, 0) is 22.3 Å². The largest absolute Gasteiger partial charge is 0.419 e. The second-order valence-corrected chi connectivity index (χ2v) is 3.03. The van der Waals surface area contributed by atoms with Crippen LogP contribution in [0.4, 0.5) is 17.6 Å². The van der Waals surface area contributed by atoms with E-state index in [1.54, 1.807) is 0 Å². The number of rotatable bonds is 4. The topological polar surface area (TPSA) is 18.5 Å². The minimum Gasteiger partial charge on any atom is -0.359 e. The average Bonchev–Trinajstić information content (AvgIpc) is 2.19. The first-order valence-electron chi connectivity index (χ1n) is 4.38. The van der Waals surface area contributed by atoms with Gasteiger partial charge in [-0.25, -0.2) is 4.39 Å². The van der Waals surface area contributed by atoms with Crippen molar-refractivity contribution in [3.05, 3.63) is 35.1 Å². The van der Waals surface area contributed by atoms with Gasteiger partial charge in [0.2, 0.25) is 0 Å². The maximum absolute atomic E-state index is 13.4. The molecule has 90 valence electrons. The van der Waals surface area contributed by atoms with Crippen molar-refractivity contribution in [3.63, 3.8) is 0 Å². The summed E-state index contributed by atoms with van der Waals surface area (Å²) in [7, 11) is 1.36. The average molecular weight is 238 g/mol. The highest BCUT2D eigenvalue weighted by molar-refractivity contribution is 5.27. The van der Waals surface area contributed by atoms with Crippen LogP contribution in [0.25, 0.3) is 0 Å². The fourth-order valence-electron chi connectivity index (χ4n) is 1.15. The minimum atomic E-state index is -4.69. The standard InChI is InChI=1S/C10H10F4O2/c1-15-6-16-5-7-3-2-4-8(9(7)11)10(12,13)14/h2-4H,5-6H2,1H3. The first-order valence-corrected chi connectivity index (χ1v) is 4.38. The van der Waals surface area contributed by atoms with Gasteiger partial charge in [0.05, 0.1) is 12.2 Å². The number of hydrogen-bond donors (Lipinski definition) is 0. The lowest BCUT2D eigenvalue weighted by Crippen LogP contribution is -2.10. The fraction of sp³-hybridized carbons (Fsp3) is 0.400. The first-order chi connectivity index (χ1) is 7.46. The Morgan fingerprint density at radius 3 is 2.50 bits per heavy atom. The summed E-state index contributed by atoms with van der Waals surface area (Å²) >= 11 is 0. The smallest absolute Gasteiger partial charge is 0.359 e. The third-order valence-corrected chi connectivity index (χ3v) is 1.84. The van der Waals surface area contributed by atoms with Crippen molar-refractivity contribution in [2.24, 2.45) is 0 Å². The Bertz CT molecular complexity index is 349. The van der Waals surface area contributed by atoms with Gasteiger partial charge in [0.15, 0.2) is 0 Å². The van der Waals surface area contributed by atoms with Crippen molar-refractivity contribution < 1.29 is 27.0 Å². The van der Waals surface area contributed by atoms with E-state index in [2.05, 4.69) is 4.74 Å². The molecular formula is C10H10F4O2. The van der Waals surface area contributed by atoms with Crippen molar-refractivity contribution >= 4 is 0 Å². The molecule has 6 heteroatoms. The molecule has 0 aliphatic heterocycles. The molecule has 0 aliphatic carbocycles. The minimum absolute atomic E-state index is 0.102. The first kappa shape index (κ1) is 12.9. The van der Waals surface area contributed by atoms with E-state index in [4.69, 9.17) is 4.74 Å². The van der Waals surface area contributed by atoms with Crippen LogP contribution < -0.4 is 0 Å². The number of hydrogen-bond acceptors (Lipinski definition) is 2. The van der Waals surface area contributed by atoms with E-state index in [9.17, 15) is 17.6 Å². The monoisotopic (exact) mass is 238 g/mol. The molecule has 1 aromatic rings. The molecule has 0 aromatic heterocycles. The van der Waals surface area contributed by atoms with E-state index < -0.39 is 17.6 Å². The number of methoxy groups -OCH3 is 1. The summed E-state index contributed by atoms with van der Waals surface area (Å²) < 4.78 is 59.6. The van der Waals surface area contributed by atoms with Gasteiger partial charge in [0, 0.05) is 12.7 Å². The Labute approximate surface area is 89.8 Å². The van der Waals surface area contributed by atoms with Gasteiger partial charge >= 0.3 is 6.18 Å². The van der Waals surface area contributed by atoms with Crippen molar-refractivity contribution in [2.75, 3.05) is 13.9 Å². The van der Waals surface area contributed by atoms with Crippen molar-refractivity contribution in [1.82, 2.24) is 0 Å². The predicted molar refractivity (Wildman–Crippen MR) is 48.1 cm³/mol. The predicted octanol–water partition coefficient (Wildman–Crippen LogP) is 2.97. The van der Waals surface area contributed by atoms with Crippen molar-refractivity contribution in [2.45, 2.75) is 12.8 Å². The van der Waals surface area contributed by atoms with Crippen molar-refractivity contribution in [1.29, 1.82) is 0 Å². The van der Waals surface area contributed by atoms with Crippen LogP contribution in [0.5, 0.6) is 0 Å². The Balaban J connectivity index is 2.87. The van der Waals surface area contributed by atoms with Gasteiger partial charge in [-0.15, -0.1) is 0 Å². The summed E-state index contributed by atoms with van der Waals surface area (Å²) in [6.07, 6.45) is -4.69. The molecule has 0 unspecified atom stereocenters. The maximum Gasteiger partial charge on any atom is 0.419 e.